The summed E-state index contributed by atoms with van der Waals surface area (Å²) in [5.74, 6) is 1.42. The molecule has 3 aromatic rings. The van der Waals surface area contributed by atoms with Crippen LogP contribution in [0.25, 0.3) is 0 Å². The van der Waals surface area contributed by atoms with Crippen molar-refractivity contribution >= 4 is 0 Å². The summed E-state index contributed by atoms with van der Waals surface area (Å²) in [6.45, 7) is 0. The molecule has 1 aromatic heterocycles. The van der Waals surface area contributed by atoms with E-state index in [1.807, 2.05) is 60.7 Å². The minimum atomic E-state index is -0.679. The first-order valence-corrected chi connectivity index (χ1v) is 9.17. The number of rotatable bonds is 8. The molecule has 0 amide bonds. The Morgan fingerprint density at radius 2 is 1.36 bits per heavy atom. The molecule has 0 fully saturated rings. The third-order valence-electron chi connectivity index (χ3n) is 4.67. The van der Waals surface area contributed by atoms with E-state index in [9.17, 15) is 10.2 Å². The maximum Gasteiger partial charge on any atom is 0.119 e. The second-order valence-electron chi connectivity index (χ2n) is 6.65. The van der Waals surface area contributed by atoms with E-state index in [1.165, 1.54) is 0 Å². The number of methoxy groups -OCH3 is 2. The molecule has 0 aliphatic carbocycles. The van der Waals surface area contributed by atoms with Crippen LogP contribution in [0.1, 0.15) is 34.6 Å². The molecule has 5 heteroatoms. The molecule has 0 saturated heterocycles. The number of nitrogens with zero attached hydrogens (tertiary/aromatic N) is 1. The molecule has 146 valence electrons. The van der Waals surface area contributed by atoms with Crippen molar-refractivity contribution in [2.75, 3.05) is 14.2 Å². The standard InChI is InChI=1S/C23H25NO4/c1-27-20-7-3-5-17(13-20)22(25)12-16-9-10-24-19(11-16)15-23(26)18-6-4-8-21(14-18)28-2/h3-11,13-14,22-23,25-26H,12,15H2,1-2H3/t22-,23+/m0/s1. The number of aliphatic hydroxyl groups is 2. The summed E-state index contributed by atoms with van der Waals surface area (Å²) in [6, 6.07) is 18.6. The van der Waals surface area contributed by atoms with E-state index in [0.717, 1.165) is 22.4 Å². The molecule has 2 N–H and O–H groups in total. The van der Waals surface area contributed by atoms with Crippen molar-refractivity contribution in [1.29, 1.82) is 0 Å². The highest BCUT2D eigenvalue weighted by atomic mass is 16.5. The monoisotopic (exact) mass is 379 g/mol. The zero-order valence-electron chi connectivity index (χ0n) is 16.1. The highest BCUT2D eigenvalue weighted by Crippen LogP contribution is 2.24. The molecule has 0 bridgehead atoms. The lowest BCUT2D eigenvalue weighted by atomic mass is 9.99. The Kier molecular flexibility index (Phi) is 6.63. The SMILES string of the molecule is COc1cccc([C@H](O)Cc2cc(C[C@H](O)c3cccc(OC)c3)ccn2)c1. The summed E-state index contributed by atoms with van der Waals surface area (Å²) >= 11 is 0. The van der Waals surface area contributed by atoms with Gasteiger partial charge < -0.3 is 19.7 Å². The van der Waals surface area contributed by atoms with Gasteiger partial charge in [-0.05, 0) is 53.1 Å². The number of hydrogen-bond acceptors (Lipinski definition) is 5. The van der Waals surface area contributed by atoms with E-state index in [0.29, 0.717) is 24.3 Å². The Balaban J connectivity index is 1.69. The number of benzene rings is 2. The first kappa shape index (κ1) is 19.9. The Hall–Kier alpha value is -2.89. The first-order valence-electron chi connectivity index (χ1n) is 9.17. The third-order valence-corrected chi connectivity index (χ3v) is 4.67. The van der Waals surface area contributed by atoms with Crippen LogP contribution < -0.4 is 9.47 Å². The van der Waals surface area contributed by atoms with Crippen LogP contribution in [0.4, 0.5) is 0 Å². The van der Waals surface area contributed by atoms with E-state index in [1.54, 1.807) is 20.4 Å². The van der Waals surface area contributed by atoms with E-state index in [-0.39, 0.29) is 0 Å². The van der Waals surface area contributed by atoms with Crippen LogP contribution >= 0.6 is 0 Å². The van der Waals surface area contributed by atoms with Crippen molar-refractivity contribution in [3.05, 3.63) is 89.2 Å². The van der Waals surface area contributed by atoms with Crippen molar-refractivity contribution in [1.82, 2.24) is 4.98 Å². The second-order valence-corrected chi connectivity index (χ2v) is 6.65. The van der Waals surface area contributed by atoms with E-state index in [2.05, 4.69) is 4.98 Å². The first-order chi connectivity index (χ1) is 13.6. The number of aromatic nitrogens is 1. The smallest absolute Gasteiger partial charge is 0.119 e. The molecule has 5 nitrogen and oxygen atoms in total. The molecule has 0 radical (unpaired) electrons. The summed E-state index contributed by atoms with van der Waals surface area (Å²) in [4.78, 5) is 4.36. The molecule has 0 aliphatic heterocycles. The van der Waals surface area contributed by atoms with Crippen LogP contribution in [-0.2, 0) is 12.8 Å². The van der Waals surface area contributed by atoms with Crippen LogP contribution in [0.5, 0.6) is 11.5 Å². The topological polar surface area (TPSA) is 71.8 Å². The Morgan fingerprint density at radius 1 is 0.786 bits per heavy atom. The molecule has 0 saturated carbocycles. The minimum Gasteiger partial charge on any atom is -0.497 e. The summed E-state index contributed by atoms with van der Waals surface area (Å²) in [6.07, 6.45) is 1.23. The molecule has 2 aromatic carbocycles. The van der Waals surface area contributed by atoms with Crippen molar-refractivity contribution < 1.29 is 19.7 Å². The zero-order valence-corrected chi connectivity index (χ0v) is 16.1. The van der Waals surface area contributed by atoms with Crippen molar-refractivity contribution in [2.24, 2.45) is 0 Å². The molecule has 28 heavy (non-hydrogen) atoms. The highest BCUT2D eigenvalue weighted by molar-refractivity contribution is 5.32. The fraction of sp³-hybridized carbons (Fsp3) is 0.261. The van der Waals surface area contributed by atoms with Gasteiger partial charge in [0.1, 0.15) is 11.5 Å². The number of pyridine rings is 1. The van der Waals surface area contributed by atoms with Gasteiger partial charge in [-0.15, -0.1) is 0 Å². The maximum atomic E-state index is 10.6. The Bertz CT molecular complexity index is 842. The number of ether oxygens (including phenoxy) is 2. The minimum absolute atomic E-state index is 0.385. The van der Waals surface area contributed by atoms with E-state index in [4.69, 9.17) is 9.47 Å². The van der Waals surface area contributed by atoms with Crippen molar-refractivity contribution in [2.45, 2.75) is 25.0 Å². The molecule has 3 rings (SSSR count). The van der Waals surface area contributed by atoms with Crippen LogP contribution in [0.15, 0.2) is 66.9 Å². The summed E-state index contributed by atoms with van der Waals surface area (Å²) in [7, 11) is 3.21. The van der Waals surface area contributed by atoms with Gasteiger partial charge in [-0.1, -0.05) is 24.3 Å². The average Bonchev–Trinajstić information content (AvgIpc) is 2.74. The van der Waals surface area contributed by atoms with Gasteiger partial charge in [0.05, 0.1) is 26.4 Å². The van der Waals surface area contributed by atoms with Gasteiger partial charge >= 0.3 is 0 Å². The van der Waals surface area contributed by atoms with Crippen LogP contribution in [-0.4, -0.2) is 29.4 Å². The van der Waals surface area contributed by atoms with Crippen molar-refractivity contribution in [3.63, 3.8) is 0 Å². The average molecular weight is 379 g/mol. The maximum absolute atomic E-state index is 10.6. The van der Waals surface area contributed by atoms with E-state index >= 15 is 0 Å². The van der Waals surface area contributed by atoms with Gasteiger partial charge in [-0.25, -0.2) is 0 Å². The summed E-state index contributed by atoms with van der Waals surface area (Å²) < 4.78 is 10.4. The fourth-order valence-electron chi connectivity index (χ4n) is 3.12. The normalized spacial score (nSPS) is 13.0. The molecule has 0 spiro atoms. The quantitative estimate of drug-likeness (QED) is 0.625. The highest BCUT2D eigenvalue weighted by Gasteiger charge is 2.13. The third kappa shape index (κ3) is 5.09. The largest absolute Gasteiger partial charge is 0.497 e. The zero-order chi connectivity index (χ0) is 19.9. The lowest BCUT2D eigenvalue weighted by molar-refractivity contribution is 0.175. The lowest BCUT2D eigenvalue weighted by Gasteiger charge is -2.14. The number of aliphatic hydroxyl groups excluding tert-OH is 2. The molecular formula is C23H25NO4. The van der Waals surface area contributed by atoms with Crippen LogP contribution in [0.3, 0.4) is 0 Å². The Labute approximate surface area is 165 Å². The molecule has 1 heterocycles. The van der Waals surface area contributed by atoms with Gasteiger partial charge in [-0.2, -0.15) is 0 Å². The van der Waals surface area contributed by atoms with Gasteiger partial charge in [-0.3, -0.25) is 4.98 Å². The summed E-state index contributed by atoms with van der Waals surface area (Å²) in [5, 5.41) is 21.1. The van der Waals surface area contributed by atoms with Crippen LogP contribution in [0.2, 0.25) is 0 Å². The summed E-state index contributed by atoms with van der Waals surface area (Å²) in [5.41, 5.74) is 3.31. The molecule has 2 atom stereocenters. The van der Waals surface area contributed by atoms with Crippen LogP contribution in [0, 0.1) is 0 Å². The Morgan fingerprint density at radius 3 is 1.93 bits per heavy atom. The predicted molar refractivity (Wildman–Crippen MR) is 108 cm³/mol. The second kappa shape index (κ2) is 9.35. The van der Waals surface area contributed by atoms with Gasteiger partial charge in [0.25, 0.3) is 0 Å². The number of hydrogen-bond donors (Lipinski definition) is 2. The molecular weight excluding hydrogens is 354 g/mol. The van der Waals surface area contributed by atoms with Crippen molar-refractivity contribution in [3.8, 4) is 11.5 Å². The van der Waals surface area contributed by atoms with Gasteiger partial charge in [0, 0.05) is 24.7 Å². The van der Waals surface area contributed by atoms with Gasteiger partial charge in [0.2, 0.25) is 0 Å². The van der Waals surface area contributed by atoms with E-state index < -0.39 is 12.2 Å². The fourth-order valence-corrected chi connectivity index (χ4v) is 3.12. The molecule has 0 aliphatic rings. The van der Waals surface area contributed by atoms with Gasteiger partial charge in [0.15, 0.2) is 0 Å². The molecule has 0 unspecified atom stereocenters. The predicted octanol–water partition coefficient (Wildman–Crippen LogP) is 3.65. The lowest BCUT2D eigenvalue weighted by Crippen LogP contribution is -2.06.